The molecule has 7 nitrogen and oxygen atoms in total. The minimum Gasteiger partial charge on any atom is -0.388 e. The smallest absolute Gasteiger partial charge is 0.256 e. The van der Waals surface area contributed by atoms with E-state index < -0.39 is 22.9 Å². The molecule has 0 atom stereocenters. The van der Waals surface area contributed by atoms with Crippen molar-refractivity contribution in [3.63, 3.8) is 0 Å². The maximum absolute atomic E-state index is 15.1. The number of para-hydroxylation sites is 1. The average Bonchev–Trinajstić information content (AvgIpc) is 3.01. The van der Waals surface area contributed by atoms with Gasteiger partial charge in [0.2, 0.25) is 5.95 Å². The molecule has 6 rings (SSSR count). The summed E-state index contributed by atoms with van der Waals surface area (Å²) < 4.78 is 31.3. The Kier molecular flexibility index (Phi) is 8.01. The number of piperidine rings is 2. The number of fused-ring (bicyclic) bond motifs is 1. The molecule has 0 aliphatic carbocycles. The maximum Gasteiger partial charge on any atom is 0.256 e. The lowest BCUT2D eigenvalue weighted by Gasteiger charge is -2.41. The number of pyridine rings is 1. The number of hydrogen-bond acceptors (Lipinski definition) is 6. The van der Waals surface area contributed by atoms with Crippen LogP contribution in [0.3, 0.4) is 0 Å². The molecule has 0 radical (unpaired) electrons. The largest absolute Gasteiger partial charge is 0.388 e. The molecule has 0 amide bonds. The van der Waals surface area contributed by atoms with E-state index in [9.17, 15) is 4.79 Å². The Morgan fingerprint density at radius 2 is 1.65 bits per heavy atom. The Bertz CT molecular complexity index is 1720. The number of benzene rings is 2. The van der Waals surface area contributed by atoms with Gasteiger partial charge in [0.05, 0.1) is 5.69 Å². The van der Waals surface area contributed by atoms with Gasteiger partial charge in [-0.15, -0.1) is 0 Å². The van der Waals surface area contributed by atoms with E-state index in [-0.39, 0.29) is 5.65 Å². The summed E-state index contributed by atoms with van der Waals surface area (Å²) in [5.74, 6) is -0.445. The van der Waals surface area contributed by atoms with Crippen molar-refractivity contribution in [1.29, 1.82) is 0 Å². The Morgan fingerprint density at radius 3 is 2.33 bits per heavy atom. The lowest BCUT2D eigenvalue weighted by molar-refractivity contribution is 0.120. The van der Waals surface area contributed by atoms with Gasteiger partial charge in [-0.25, -0.2) is 13.8 Å². The lowest BCUT2D eigenvalue weighted by Crippen LogP contribution is -2.48. The second-order valence-electron chi connectivity index (χ2n) is 11.9. The van der Waals surface area contributed by atoms with E-state index >= 15 is 8.78 Å². The van der Waals surface area contributed by atoms with Gasteiger partial charge in [-0.2, -0.15) is 4.98 Å². The highest BCUT2D eigenvalue weighted by molar-refractivity contribution is 5.93. The van der Waals surface area contributed by atoms with Crippen molar-refractivity contribution in [1.82, 2.24) is 24.8 Å². The Labute approximate surface area is 250 Å². The number of rotatable bonds is 6. The van der Waals surface area contributed by atoms with Crippen LogP contribution in [0.2, 0.25) is 0 Å². The number of halogens is 2. The van der Waals surface area contributed by atoms with Gasteiger partial charge in [0, 0.05) is 48.9 Å². The van der Waals surface area contributed by atoms with Crippen molar-refractivity contribution in [3.8, 4) is 16.9 Å². The first-order valence-corrected chi connectivity index (χ1v) is 15.1. The van der Waals surface area contributed by atoms with Crippen LogP contribution < -0.4 is 15.8 Å². The van der Waals surface area contributed by atoms with Crippen LogP contribution in [0, 0.1) is 24.5 Å². The molecule has 2 saturated heterocycles. The summed E-state index contributed by atoms with van der Waals surface area (Å²) in [5.41, 5.74) is 3.19. The first kappa shape index (κ1) is 29.0. The van der Waals surface area contributed by atoms with Gasteiger partial charge < -0.3 is 15.1 Å². The van der Waals surface area contributed by atoms with Crippen molar-refractivity contribution >= 4 is 22.7 Å². The molecule has 2 aliphatic heterocycles. The van der Waals surface area contributed by atoms with Crippen LogP contribution in [-0.2, 0) is 0 Å². The molecular formula is C34H38F2N6O. The highest BCUT2D eigenvalue weighted by atomic mass is 19.1. The molecule has 2 aliphatic rings. The van der Waals surface area contributed by atoms with Crippen molar-refractivity contribution < 1.29 is 8.78 Å². The van der Waals surface area contributed by atoms with E-state index in [4.69, 9.17) is 9.97 Å². The van der Waals surface area contributed by atoms with Crippen LogP contribution in [0.5, 0.6) is 0 Å². The summed E-state index contributed by atoms with van der Waals surface area (Å²) in [4.78, 5) is 28.0. The number of hydrogen-bond donors (Lipinski definition) is 1. The molecule has 4 aromatic rings. The number of aromatic nitrogens is 3. The second-order valence-corrected chi connectivity index (χ2v) is 11.9. The van der Waals surface area contributed by atoms with E-state index in [0.29, 0.717) is 23.1 Å². The minimum atomic E-state index is -0.837. The van der Waals surface area contributed by atoms with Crippen molar-refractivity contribution in [2.24, 2.45) is 5.92 Å². The summed E-state index contributed by atoms with van der Waals surface area (Å²) in [6.45, 7) is 12.2. The fraction of sp³-hybridized carbons (Fsp3) is 0.382. The van der Waals surface area contributed by atoms with Gasteiger partial charge in [0.1, 0.15) is 17.3 Å². The predicted octanol–water partition coefficient (Wildman–Crippen LogP) is 5.93. The number of nitrogens with one attached hydrogen (secondary N) is 1. The summed E-state index contributed by atoms with van der Waals surface area (Å²) >= 11 is 0. The first-order chi connectivity index (χ1) is 20.7. The molecular weight excluding hydrogens is 546 g/mol. The maximum atomic E-state index is 15.1. The standard InChI is InChI=1S/C34H38F2N6O/c1-21-12-16-40(17-13-21)25-14-18-41(19-15-25)34-38-31(27-20-24(23(3)37-4)9-8-22(27)2)26-10-11-30(43)42(33(26)39-34)32-28(35)6-5-7-29(32)36/h5-11,20-21,25,37H,3,12-19H2,1-2,4H3. The predicted molar refractivity (Wildman–Crippen MR) is 169 cm³/mol. The van der Waals surface area contributed by atoms with Crippen molar-refractivity contribution in [3.05, 3.63) is 88.2 Å². The van der Waals surface area contributed by atoms with Crippen LogP contribution >= 0.6 is 0 Å². The average molecular weight is 585 g/mol. The topological polar surface area (TPSA) is 66.3 Å². The normalized spacial score (nSPS) is 17.0. The Balaban J connectivity index is 1.50. The van der Waals surface area contributed by atoms with E-state index in [0.717, 1.165) is 84.0 Å². The molecule has 0 unspecified atom stereocenters. The number of likely N-dealkylation sites (tertiary alicyclic amines) is 1. The SMILES string of the molecule is C=C(NC)c1ccc(C)c(-c2nc(N3CCC(N4CCC(C)CC4)CC3)nc3c2ccc(=O)n3-c2c(F)cccc2F)c1. The first-order valence-electron chi connectivity index (χ1n) is 15.1. The second kappa shape index (κ2) is 11.9. The van der Waals surface area contributed by atoms with Crippen molar-refractivity contribution in [2.75, 3.05) is 38.1 Å². The number of anilines is 1. The van der Waals surface area contributed by atoms with Crippen LogP contribution in [0.15, 0.2) is 59.9 Å². The fourth-order valence-corrected chi connectivity index (χ4v) is 6.40. The fourth-order valence-electron chi connectivity index (χ4n) is 6.40. The molecule has 0 saturated carbocycles. The molecule has 224 valence electrons. The third-order valence-corrected chi connectivity index (χ3v) is 9.12. The van der Waals surface area contributed by atoms with Gasteiger partial charge >= 0.3 is 0 Å². The molecule has 0 spiro atoms. The summed E-state index contributed by atoms with van der Waals surface area (Å²) in [6.07, 6.45) is 4.43. The van der Waals surface area contributed by atoms with E-state index in [1.807, 2.05) is 32.2 Å². The van der Waals surface area contributed by atoms with Crippen LogP contribution in [0.25, 0.3) is 33.7 Å². The summed E-state index contributed by atoms with van der Waals surface area (Å²) in [6, 6.07) is 13.0. The van der Waals surface area contributed by atoms with E-state index in [2.05, 4.69) is 28.6 Å². The monoisotopic (exact) mass is 584 g/mol. The van der Waals surface area contributed by atoms with E-state index in [1.165, 1.54) is 25.0 Å². The minimum absolute atomic E-state index is 0.167. The molecule has 2 aromatic carbocycles. The molecule has 1 N–H and O–H groups in total. The molecule has 2 aromatic heterocycles. The Morgan fingerprint density at radius 1 is 0.953 bits per heavy atom. The zero-order chi connectivity index (χ0) is 30.2. The number of nitrogens with zero attached hydrogens (tertiary/aromatic N) is 5. The lowest BCUT2D eigenvalue weighted by atomic mass is 9.95. The third kappa shape index (κ3) is 5.54. The van der Waals surface area contributed by atoms with Crippen LogP contribution in [-0.4, -0.2) is 58.7 Å². The summed E-state index contributed by atoms with van der Waals surface area (Å²) in [5, 5.41) is 3.62. The van der Waals surface area contributed by atoms with Crippen LogP contribution in [0.1, 0.15) is 43.7 Å². The van der Waals surface area contributed by atoms with Gasteiger partial charge in [0.15, 0.2) is 5.65 Å². The Hall–Kier alpha value is -4.11. The molecule has 0 bridgehead atoms. The zero-order valence-corrected chi connectivity index (χ0v) is 25.0. The van der Waals surface area contributed by atoms with Gasteiger partial charge in [-0.05, 0) is 87.0 Å². The quantitative estimate of drug-likeness (QED) is 0.303. The van der Waals surface area contributed by atoms with Crippen LogP contribution in [0.4, 0.5) is 14.7 Å². The molecule has 9 heteroatoms. The van der Waals surface area contributed by atoms with Crippen molar-refractivity contribution in [2.45, 2.75) is 45.6 Å². The third-order valence-electron chi connectivity index (χ3n) is 9.12. The number of aryl methyl sites for hydroxylation is 1. The van der Waals surface area contributed by atoms with E-state index in [1.54, 1.807) is 6.07 Å². The highest BCUT2D eigenvalue weighted by Crippen LogP contribution is 2.34. The van der Waals surface area contributed by atoms with Gasteiger partial charge in [-0.1, -0.05) is 31.7 Å². The molecule has 2 fully saturated rings. The van der Waals surface area contributed by atoms with Gasteiger partial charge in [-0.3, -0.25) is 9.36 Å². The highest BCUT2D eigenvalue weighted by Gasteiger charge is 2.29. The van der Waals surface area contributed by atoms with Gasteiger partial charge in [0.25, 0.3) is 5.56 Å². The zero-order valence-electron chi connectivity index (χ0n) is 25.0. The molecule has 4 heterocycles. The molecule has 43 heavy (non-hydrogen) atoms. The summed E-state index contributed by atoms with van der Waals surface area (Å²) in [7, 11) is 1.82.